The molecule has 158 valence electrons. The van der Waals surface area contributed by atoms with Crippen LogP contribution in [0.3, 0.4) is 0 Å². The minimum Gasteiger partial charge on any atom is -0.370 e. The van der Waals surface area contributed by atoms with Crippen molar-refractivity contribution in [2.24, 2.45) is 16.5 Å². The highest BCUT2D eigenvalue weighted by Gasteiger charge is 2.27. The second-order valence-electron chi connectivity index (χ2n) is 7.32. The van der Waals surface area contributed by atoms with E-state index in [1.807, 2.05) is 30.2 Å². The van der Waals surface area contributed by atoms with E-state index >= 15 is 0 Å². The molecule has 2 aromatic rings. The van der Waals surface area contributed by atoms with Crippen molar-refractivity contribution in [1.82, 2.24) is 4.90 Å². The molecule has 0 spiro atoms. The molecule has 0 atom stereocenters. The predicted octanol–water partition coefficient (Wildman–Crippen LogP) is 3.29. The van der Waals surface area contributed by atoms with Gasteiger partial charge in [-0.2, -0.15) is 4.99 Å². The van der Waals surface area contributed by atoms with E-state index in [1.165, 1.54) is 29.8 Å². The number of piperidine rings is 1. The molecule has 2 amide bonds. The van der Waals surface area contributed by atoms with Gasteiger partial charge < -0.3 is 16.4 Å². The SMILES string of the molecule is CSc1cc(C(=O)N=C(N)N)c(C)cc1C1CCN(C(=O)c2ccc(F)cc2)CC1. The van der Waals surface area contributed by atoms with Gasteiger partial charge in [-0.1, -0.05) is 6.07 Å². The lowest BCUT2D eigenvalue weighted by atomic mass is 9.87. The first-order valence-corrected chi connectivity index (χ1v) is 10.9. The van der Waals surface area contributed by atoms with Crippen molar-refractivity contribution >= 4 is 29.5 Å². The molecule has 0 aliphatic carbocycles. The fourth-order valence-corrected chi connectivity index (χ4v) is 4.48. The molecule has 1 fully saturated rings. The van der Waals surface area contributed by atoms with Gasteiger partial charge in [0.1, 0.15) is 5.82 Å². The van der Waals surface area contributed by atoms with Crippen LogP contribution in [0.2, 0.25) is 0 Å². The van der Waals surface area contributed by atoms with E-state index in [2.05, 4.69) is 4.99 Å². The van der Waals surface area contributed by atoms with Crippen LogP contribution in [-0.4, -0.2) is 42.0 Å². The number of aryl methyl sites for hydroxylation is 1. The van der Waals surface area contributed by atoms with E-state index in [4.69, 9.17) is 11.5 Å². The highest BCUT2D eigenvalue weighted by atomic mass is 32.2. The van der Waals surface area contributed by atoms with Crippen molar-refractivity contribution in [1.29, 1.82) is 0 Å². The zero-order valence-corrected chi connectivity index (χ0v) is 17.8. The van der Waals surface area contributed by atoms with E-state index in [0.29, 0.717) is 24.2 Å². The zero-order chi connectivity index (χ0) is 21.8. The number of nitrogens with two attached hydrogens (primary N) is 2. The first-order valence-electron chi connectivity index (χ1n) is 9.67. The predicted molar refractivity (Wildman–Crippen MR) is 117 cm³/mol. The molecule has 30 heavy (non-hydrogen) atoms. The number of carbonyl (C=O) groups excluding carboxylic acids is 2. The van der Waals surface area contributed by atoms with Crippen molar-refractivity contribution < 1.29 is 14.0 Å². The largest absolute Gasteiger partial charge is 0.370 e. The fraction of sp³-hybridized carbons (Fsp3) is 0.318. The van der Waals surface area contributed by atoms with Gasteiger partial charge >= 0.3 is 0 Å². The molecular weight excluding hydrogens is 403 g/mol. The number of rotatable bonds is 4. The molecule has 0 bridgehead atoms. The summed E-state index contributed by atoms with van der Waals surface area (Å²) in [6, 6.07) is 9.53. The number of aliphatic imine (C=N–C) groups is 1. The molecule has 1 aliphatic rings. The fourth-order valence-electron chi connectivity index (χ4n) is 3.78. The van der Waals surface area contributed by atoms with Crippen LogP contribution in [0.5, 0.6) is 0 Å². The average Bonchev–Trinajstić information content (AvgIpc) is 2.73. The van der Waals surface area contributed by atoms with Crippen LogP contribution < -0.4 is 11.5 Å². The summed E-state index contributed by atoms with van der Waals surface area (Å²) in [5.41, 5.74) is 13.7. The lowest BCUT2D eigenvalue weighted by Gasteiger charge is -2.33. The molecule has 0 aromatic heterocycles. The number of amides is 2. The maximum absolute atomic E-state index is 13.1. The third kappa shape index (κ3) is 4.81. The number of benzene rings is 2. The number of guanidine groups is 1. The lowest BCUT2D eigenvalue weighted by Crippen LogP contribution is -2.38. The van der Waals surface area contributed by atoms with Crippen LogP contribution in [0.15, 0.2) is 46.3 Å². The van der Waals surface area contributed by atoms with Gasteiger partial charge in [-0.25, -0.2) is 4.39 Å². The Labute approximate surface area is 179 Å². The molecule has 1 aliphatic heterocycles. The molecule has 6 nitrogen and oxygen atoms in total. The van der Waals surface area contributed by atoms with Gasteiger partial charge in [-0.15, -0.1) is 11.8 Å². The van der Waals surface area contributed by atoms with Crippen LogP contribution in [0.25, 0.3) is 0 Å². The summed E-state index contributed by atoms with van der Waals surface area (Å²) < 4.78 is 13.1. The second-order valence-corrected chi connectivity index (χ2v) is 8.17. The number of halogens is 1. The topological polar surface area (TPSA) is 102 Å². The van der Waals surface area contributed by atoms with Gasteiger partial charge in [0.15, 0.2) is 5.96 Å². The molecule has 2 aromatic carbocycles. The molecule has 0 radical (unpaired) electrons. The minimum absolute atomic E-state index is 0.0760. The van der Waals surface area contributed by atoms with Crippen molar-refractivity contribution in [3.05, 3.63) is 64.5 Å². The maximum atomic E-state index is 13.1. The number of hydrogen-bond donors (Lipinski definition) is 2. The van der Waals surface area contributed by atoms with Crippen LogP contribution in [-0.2, 0) is 0 Å². The van der Waals surface area contributed by atoms with E-state index in [9.17, 15) is 14.0 Å². The summed E-state index contributed by atoms with van der Waals surface area (Å²) in [5, 5.41) is 0. The van der Waals surface area contributed by atoms with E-state index in [-0.39, 0.29) is 23.6 Å². The van der Waals surface area contributed by atoms with Crippen LogP contribution in [0.4, 0.5) is 4.39 Å². The summed E-state index contributed by atoms with van der Waals surface area (Å²) >= 11 is 1.57. The van der Waals surface area contributed by atoms with E-state index in [0.717, 1.165) is 23.3 Å². The number of likely N-dealkylation sites (tertiary alicyclic amines) is 1. The monoisotopic (exact) mass is 428 g/mol. The molecule has 3 rings (SSSR count). The second kappa shape index (κ2) is 9.30. The summed E-state index contributed by atoms with van der Waals surface area (Å²) in [7, 11) is 0. The summed E-state index contributed by atoms with van der Waals surface area (Å²) in [5.74, 6) is -0.850. The average molecular weight is 429 g/mol. The van der Waals surface area contributed by atoms with Crippen molar-refractivity contribution in [2.75, 3.05) is 19.3 Å². The van der Waals surface area contributed by atoms with Crippen LogP contribution in [0.1, 0.15) is 50.6 Å². The van der Waals surface area contributed by atoms with Crippen LogP contribution >= 0.6 is 11.8 Å². The number of nitrogens with zero attached hydrogens (tertiary/aromatic N) is 2. The van der Waals surface area contributed by atoms with Crippen molar-refractivity contribution in [3.8, 4) is 0 Å². The smallest absolute Gasteiger partial charge is 0.280 e. The van der Waals surface area contributed by atoms with Gasteiger partial charge in [0.2, 0.25) is 0 Å². The number of hydrogen-bond acceptors (Lipinski definition) is 3. The molecule has 0 saturated carbocycles. The third-order valence-electron chi connectivity index (χ3n) is 5.35. The molecular formula is C22H25FN4O2S. The van der Waals surface area contributed by atoms with Gasteiger partial charge in [0, 0.05) is 29.1 Å². The minimum atomic E-state index is -0.450. The number of thioether (sulfide) groups is 1. The molecule has 1 saturated heterocycles. The summed E-state index contributed by atoms with van der Waals surface area (Å²) in [6.07, 6.45) is 3.61. The lowest BCUT2D eigenvalue weighted by molar-refractivity contribution is 0.0712. The van der Waals surface area contributed by atoms with Gasteiger partial charge in [0.05, 0.1) is 0 Å². The maximum Gasteiger partial charge on any atom is 0.280 e. The Hall–Kier alpha value is -2.87. The third-order valence-corrected chi connectivity index (χ3v) is 6.14. The Morgan fingerprint density at radius 3 is 2.33 bits per heavy atom. The highest BCUT2D eigenvalue weighted by molar-refractivity contribution is 7.98. The quantitative estimate of drug-likeness (QED) is 0.442. The van der Waals surface area contributed by atoms with Crippen molar-refractivity contribution in [3.63, 3.8) is 0 Å². The normalized spacial score (nSPS) is 14.4. The Kier molecular flexibility index (Phi) is 6.77. The van der Waals surface area contributed by atoms with Crippen LogP contribution in [0, 0.1) is 12.7 Å². The first-order chi connectivity index (χ1) is 14.3. The van der Waals surface area contributed by atoms with Crippen molar-refractivity contribution in [2.45, 2.75) is 30.6 Å². The van der Waals surface area contributed by atoms with E-state index in [1.54, 1.807) is 11.8 Å². The standard InChI is InChI=1S/C22H25FN4O2S/c1-13-11-18(19(30-2)12-17(13)20(28)26-22(24)25)14-7-9-27(10-8-14)21(29)15-3-5-16(23)6-4-15/h3-6,11-12,14H,7-10H2,1-2H3,(H4,24,25,26,28). The molecule has 1 heterocycles. The highest BCUT2D eigenvalue weighted by Crippen LogP contribution is 2.36. The summed E-state index contributed by atoms with van der Waals surface area (Å²) in [4.78, 5) is 31.4. The molecule has 8 heteroatoms. The Morgan fingerprint density at radius 1 is 1.13 bits per heavy atom. The zero-order valence-electron chi connectivity index (χ0n) is 17.0. The van der Waals surface area contributed by atoms with Gasteiger partial charge in [0.25, 0.3) is 11.8 Å². The molecule has 4 N–H and O–H groups in total. The van der Waals surface area contributed by atoms with Gasteiger partial charge in [-0.3, -0.25) is 9.59 Å². The van der Waals surface area contributed by atoms with Gasteiger partial charge in [-0.05, 0) is 73.4 Å². The summed E-state index contributed by atoms with van der Waals surface area (Å²) in [6.45, 7) is 3.13. The number of carbonyl (C=O) groups is 2. The Morgan fingerprint density at radius 2 is 1.77 bits per heavy atom. The Bertz CT molecular complexity index is 979. The first kappa shape index (κ1) is 21.8. The molecule has 0 unspecified atom stereocenters. The Balaban J connectivity index is 1.75. The van der Waals surface area contributed by atoms with E-state index < -0.39 is 5.91 Å².